The van der Waals surface area contributed by atoms with Crippen molar-refractivity contribution in [2.24, 2.45) is 0 Å². The first kappa shape index (κ1) is 11.7. The molecule has 0 bridgehead atoms. The molecule has 1 heterocycles. The van der Waals surface area contributed by atoms with Crippen LogP contribution in [0, 0.1) is 0 Å². The molecule has 90 valence electrons. The number of aliphatic hydroxyl groups excluding tert-OH is 1. The van der Waals surface area contributed by atoms with Crippen molar-refractivity contribution in [2.75, 3.05) is 0 Å². The number of aromatic nitrogens is 2. The second kappa shape index (κ2) is 5.01. The van der Waals surface area contributed by atoms with Gasteiger partial charge in [0, 0.05) is 11.8 Å². The zero-order valence-corrected chi connectivity index (χ0v) is 9.92. The maximum absolute atomic E-state index is 10.1. The molecule has 0 aliphatic rings. The SMILES string of the molecule is CC(C)Oc1ccc(C(O)c2cn[nH]c2)cc1. The third-order valence-corrected chi connectivity index (χ3v) is 2.40. The van der Waals surface area contributed by atoms with Gasteiger partial charge >= 0.3 is 0 Å². The van der Waals surface area contributed by atoms with Crippen LogP contribution in [-0.2, 0) is 0 Å². The van der Waals surface area contributed by atoms with Gasteiger partial charge < -0.3 is 9.84 Å². The summed E-state index contributed by atoms with van der Waals surface area (Å²) in [5.74, 6) is 0.808. The summed E-state index contributed by atoms with van der Waals surface area (Å²) >= 11 is 0. The highest BCUT2D eigenvalue weighted by Crippen LogP contribution is 2.23. The molecule has 17 heavy (non-hydrogen) atoms. The summed E-state index contributed by atoms with van der Waals surface area (Å²) < 4.78 is 5.54. The van der Waals surface area contributed by atoms with Crippen molar-refractivity contribution in [2.45, 2.75) is 26.1 Å². The molecule has 0 saturated carbocycles. The van der Waals surface area contributed by atoms with E-state index in [-0.39, 0.29) is 6.10 Å². The summed E-state index contributed by atoms with van der Waals surface area (Å²) in [5, 5.41) is 16.6. The summed E-state index contributed by atoms with van der Waals surface area (Å²) in [4.78, 5) is 0. The normalized spacial score (nSPS) is 12.7. The van der Waals surface area contributed by atoms with E-state index in [0.717, 1.165) is 16.9 Å². The lowest BCUT2D eigenvalue weighted by molar-refractivity contribution is 0.219. The highest BCUT2D eigenvalue weighted by molar-refractivity contribution is 5.32. The monoisotopic (exact) mass is 232 g/mol. The summed E-state index contributed by atoms with van der Waals surface area (Å²) in [6.07, 6.45) is 2.80. The average Bonchev–Trinajstić information content (AvgIpc) is 2.82. The molecule has 4 heteroatoms. The Balaban J connectivity index is 2.12. The summed E-state index contributed by atoms with van der Waals surface area (Å²) in [6.45, 7) is 3.96. The molecular formula is C13H16N2O2. The number of aromatic amines is 1. The molecule has 0 radical (unpaired) electrons. The lowest BCUT2D eigenvalue weighted by atomic mass is 10.0. The van der Waals surface area contributed by atoms with Crippen LogP contribution in [0.15, 0.2) is 36.7 Å². The molecular weight excluding hydrogens is 216 g/mol. The van der Waals surface area contributed by atoms with Crippen molar-refractivity contribution in [3.05, 3.63) is 47.8 Å². The van der Waals surface area contributed by atoms with Crippen LogP contribution < -0.4 is 4.74 Å². The Kier molecular flexibility index (Phi) is 3.44. The third kappa shape index (κ3) is 2.85. The average molecular weight is 232 g/mol. The predicted molar refractivity (Wildman–Crippen MR) is 64.9 cm³/mol. The number of H-pyrrole nitrogens is 1. The van der Waals surface area contributed by atoms with Crippen LogP contribution in [0.2, 0.25) is 0 Å². The fraction of sp³-hybridized carbons (Fsp3) is 0.308. The topological polar surface area (TPSA) is 58.1 Å². The molecule has 0 amide bonds. The number of aliphatic hydroxyl groups is 1. The summed E-state index contributed by atoms with van der Waals surface area (Å²) in [5.41, 5.74) is 1.57. The number of ether oxygens (including phenoxy) is 1. The predicted octanol–water partition coefficient (Wildman–Crippen LogP) is 2.28. The molecule has 2 rings (SSSR count). The van der Waals surface area contributed by atoms with E-state index in [1.807, 2.05) is 38.1 Å². The zero-order valence-electron chi connectivity index (χ0n) is 9.92. The molecule has 0 fully saturated rings. The molecule has 1 aromatic heterocycles. The van der Waals surface area contributed by atoms with Gasteiger partial charge in [-0.15, -0.1) is 0 Å². The van der Waals surface area contributed by atoms with Gasteiger partial charge in [0.1, 0.15) is 11.9 Å². The van der Waals surface area contributed by atoms with Gasteiger partial charge in [-0.2, -0.15) is 5.10 Å². The molecule has 4 nitrogen and oxygen atoms in total. The second-order valence-electron chi connectivity index (χ2n) is 4.17. The zero-order chi connectivity index (χ0) is 12.3. The number of hydrogen-bond acceptors (Lipinski definition) is 3. The van der Waals surface area contributed by atoms with E-state index in [4.69, 9.17) is 4.74 Å². The van der Waals surface area contributed by atoms with Gasteiger partial charge in [0.05, 0.1) is 12.3 Å². The molecule has 1 aromatic carbocycles. The standard InChI is InChI=1S/C13H16N2O2/c1-9(2)17-12-5-3-10(4-6-12)13(16)11-7-14-15-8-11/h3-9,13,16H,1-2H3,(H,14,15). The molecule has 1 unspecified atom stereocenters. The number of hydrogen-bond donors (Lipinski definition) is 2. The summed E-state index contributed by atoms with van der Waals surface area (Å²) in [7, 11) is 0. The number of nitrogens with zero attached hydrogens (tertiary/aromatic N) is 1. The van der Waals surface area contributed by atoms with E-state index in [0.29, 0.717) is 0 Å². The number of benzene rings is 1. The maximum atomic E-state index is 10.1. The third-order valence-electron chi connectivity index (χ3n) is 2.40. The number of nitrogens with one attached hydrogen (secondary N) is 1. The highest BCUT2D eigenvalue weighted by Gasteiger charge is 2.11. The quantitative estimate of drug-likeness (QED) is 0.850. The lowest BCUT2D eigenvalue weighted by Crippen LogP contribution is -2.05. The van der Waals surface area contributed by atoms with Crippen LogP contribution in [0.5, 0.6) is 5.75 Å². The van der Waals surface area contributed by atoms with Gasteiger partial charge in [-0.3, -0.25) is 5.10 Å². The smallest absolute Gasteiger partial charge is 0.119 e. The van der Waals surface area contributed by atoms with Crippen LogP contribution in [0.3, 0.4) is 0 Å². The van der Waals surface area contributed by atoms with Crippen molar-refractivity contribution in [3.63, 3.8) is 0 Å². The molecule has 2 aromatic rings. The van der Waals surface area contributed by atoms with E-state index >= 15 is 0 Å². The highest BCUT2D eigenvalue weighted by atomic mass is 16.5. The Morgan fingerprint density at radius 2 is 1.88 bits per heavy atom. The first-order chi connectivity index (χ1) is 8.16. The Labute approximate surface area is 100 Å². The fourth-order valence-electron chi connectivity index (χ4n) is 1.60. The minimum absolute atomic E-state index is 0.152. The minimum Gasteiger partial charge on any atom is -0.491 e. The largest absolute Gasteiger partial charge is 0.491 e. The van der Waals surface area contributed by atoms with Crippen molar-refractivity contribution >= 4 is 0 Å². The van der Waals surface area contributed by atoms with Crippen LogP contribution in [0.4, 0.5) is 0 Å². The lowest BCUT2D eigenvalue weighted by Gasteiger charge is -2.12. The molecule has 2 N–H and O–H groups in total. The van der Waals surface area contributed by atoms with Gasteiger partial charge in [0.25, 0.3) is 0 Å². The molecule has 0 saturated heterocycles. The van der Waals surface area contributed by atoms with Gasteiger partial charge in [0.15, 0.2) is 0 Å². The van der Waals surface area contributed by atoms with Crippen molar-refractivity contribution in [3.8, 4) is 5.75 Å². The van der Waals surface area contributed by atoms with Gasteiger partial charge in [0.2, 0.25) is 0 Å². The van der Waals surface area contributed by atoms with Gasteiger partial charge in [-0.25, -0.2) is 0 Å². The van der Waals surface area contributed by atoms with Crippen LogP contribution in [0.1, 0.15) is 31.1 Å². The first-order valence-corrected chi connectivity index (χ1v) is 5.60. The van der Waals surface area contributed by atoms with Crippen molar-refractivity contribution in [1.82, 2.24) is 10.2 Å². The van der Waals surface area contributed by atoms with Gasteiger partial charge in [-0.05, 0) is 31.5 Å². The molecule has 0 spiro atoms. The Bertz CT molecular complexity index is 449. The van der Waals surface area contributed by atoms with Crippen LogP contribution in [-0.4, -0.2) is 21.4 Å². The van der Waals surface area contributed by atoms with Crippen molar-refractivity contribution < 1.29 is 9.84 Å². The second-order valence-corrected chi connectivity index (χ2v) is 4.17. The number of rotatable bonds is 4. The van der Waals surface area contributed by atoms with E-state index in [1.54, 1.807) is 12.4 Å². The van der Waals surface area contributed by atoms with Crippen LogP contribution in [0.25, 0.3) is 0 Å². The Morgan fingerprint density at radius 1 is 1.18 bits per heavy atom. The van der Waals surface area contributed by atoms with E-state index in [1.165, 1.54) is 0 Å². The maximum Gasteiger partial charge on any atom is 0.119 e. The Hall–Kier alpha value is -1.81. The van der Waals surface area contributed by atoms with Gasteiger partial charge in [-0.1, -0.05) is 12.1 Å². The van der Waals surface area contributed by atoms with E-state index in [2.05, 4.69) is 10.2 Å². The Morgan fingerprint density at radius 3 is 2.41 bits per heavy atom. The fourth-order valence-corrected chi connectivity index (χ4v) is 1.60. The first-order valence-electron chi connectivity index (χ1n) is 5.60. The molecule has 0 aliphatic heterocycles. The minimum atomic E-state index is -0.651. The van der Waals surface area contributed by atoms with Crippen molar-refractivity contribution in [1.29, 1.82) is 0 Å². The summed E-state index contributed by atoms with van der Waals surface area (Å²) in [6, 6.07) is 7.43. The van der Waals surface area contributed by atoms with Crippen LogP contribution >= 0.6 is 0 Å². The molecule has 0 aliphatic carbocycles. The van der Waals surface area contributed by atoms with E-state index in [9.17, 15) is 5.11 Å². The molecule has 1 atom stereocenters. The van der Waals surface area contributed by atoms with E-state index < -0.39 is 6.10 Å².